The van der Waals surface area contributed by atoms with Gasteiger partial charge >= 0.3 is 11.9 Å². The van der Waals surface area contributed by atoms with Crippen molar-refractivity contribution < 1.29 is 54.2 Å². The molecule has 73 heavy (non-hydrogen) atoms. The van der Waals surface area contributed by atoms with Crippen molar-refractivity contribution in [3.05, 3.63) is 251 Å². The van der Waals surface area contributed by atoms with E-state index in [9.17, 15) is 14.4 Å². The summed E-state index contributed by atoms with van der Waals surface area (Å²) < 4.78 is 9.99. The van der Waals surface area contributed by atoms with Gasteiger partial charge in [0.05, 0.1) is 24.4 Å². The van der Waals surface area contributed by atoms with Crippen molar-refractivity contribution in [3.8, 4) is 0 Å². The first kappa shape index (κ1) is 65.5. The lowest BCUT2D eigenvalue weighted by Gasteiger charge is -2.11. The molecule has 11 heteroatoms. The van der Waals surface area contributed by atoms with E-state index in [2.05, 4.69) is 0 Å². The van der Waals surface area contributed by atoms with E-state index in [-0.39, 0.29) is 54.3 Å². The molecule has 0 spiro atoms. The van der Waals surface area contributed by atoms with Gasteiger partial charge in [0.1, 0.15) is 12.2 Å². The molecule has 7 aromatic rings. The largest absolute Gasteiger partial charge is 0.481 e. The summed E-state index contributed by atoms with van der Waals surface area (Å²) in [5, 5.41) is 43.5. The SMILES string of the molecule is CC(=O)O.CC(=O)O[C@@H](C)c1ccccc1.CC(=O)O[C@H](C)c1ccccc1.CC(=O)c1ccccc1.C[C@@H](O)c1ccccc1.C[C@H](O)c1ccccc1.C[C@H](O)c1ccccc1.C[C@H](O)c1ccccc1. The van der Waals surface area contributed by atoms with Crippen molar-refractivity contribution in [2.24, 2.45) is 0 Å². The lowest BCUT2D eigenvalue weighted by Crippen LogP contribution is -2.04. The third-order valence-corrected chi connectivity index (χ3v) is 9.53. The average Bonchev–Trinajstić information content (AvgIpc) is 3.39. The van der Waals surface area contributed by atoms with E-state index < -0.39 is 5.97 Å². The van der Waals surface area contributed by atoms with Crippen LogP contribution in [-0.4, -0.2) is 49.2 Å². The Kier molecular flexibility index (Phi) is 36.0. The standard InChI is InChI=1S/2C10H12O2.4C8H10O.C8H8O.C2H4O2/c2*1-8(12-9(2)11)10-6-4-3-5-7-10;5*1-7(9)8-5-3-2-4-6-8;1-2(3)4/h2*3-8H,1-2H3;4*2-7,9H,1H3;2-6H,1H3;1H3,(H,3,4)/t2*8-;4*7-;;/m101000../s1. The van der Waals surface area contributed by atoms with Crippen LogP contribution in [0.3, 0.4) is 0 Å². The van der Waals surface area contributed by atoms with Gasteiger partial charge in [-0.3, -0.25) is 19.2 Å². The Morgan fingerprint density at radius 1 is 0.315 bits per heavy atom. The molecule has 0 bridgehead atoms. The molecule has 11 nitrogen and oxygen atoms in total. The maximum atomic E-state index is 10.6. The number of carboxylic acids is 1. The van der Waals surface area contributed by atoms with Crippen molar-refractivity contribution >= 4 is 23.7 Å². The monoisotopic (exact) mass is 997 g/mol. The van der Waals surface area contributed by atoms with Gasteiger partial charge in [0, 0.05) is 26.3 Å². The molecule has 7 rings (SSSR count). The van der Waals surface area contributed by atoms with Crippen molar-refractivity contribution in [1.29, 1.82) is 0 Å². The van der Waals surface area contributed by atoms with Crippen LogP contribution in [0.5, 0.6) is 0 Å². The fourth-order valence-electron chi connectivity index (χ4n) is 5.68. The number of benzene rings is 7. The number of aliphatic hydroxyl groups is 4. The quantitative estimate of drug-likeness (QED) is 0.0684. The molecule has 0 saturated carbocycles. The Balaban J connectivity index is 0.000000821. The van der Waals surface area contributed by atoms with E-state index in [1.807, 2.05) is 226 Å². The summed E-state index contributed by atoms with van der Waals surface area (Å²) in [5.41, 5.74) is 6.70. The number of aliphatic hydroxyl groups excluding tert-OH is 4. The van der Waals surface area contributed by atoms with Crippen LogP contribution in [0.2, 0.25) is 0 Å². The van der Waals surface area contributed by atoms with Gasteiger partial charge in [0.2, 0.25) is 0 Å². The van der Waals surface area contributed by atoms with E-state index >= 15 is 0 Å². The Bertz CT molecular complexity index is 2200. The molecule has 0 aliphatic rings. The van der Waals surface area contributed by atoms with E-state index in [1.54, 1.807) is 34.6 Å². The Labute approximate surface area is 433 Å². The van der Waals surface area contributed by atoms with Gasteiger partial charge in [-0.1, -0.05) is 212 Å². The van der Waals surface area contributed by atoms with Gasteiger partial charge in [-0.15, -0.1) is 0 Å². The normalized spacial score (nSPS) is 11.9. The number of carbonyl (C=O) groups excluding carboxylic acids is 3. The highest BCUT2D eigenvalue weighted by Gasteiger charge is 2.07. The summed E-state index contributed by atoms with van der Waals surface area (Å²) in [5.74, 6) is -1.20. The van der Waals surface area contributed by atoms with E-state index in [0.717, 1.165) is 45.9 Å². The molecule has 390 valence electrons. The highest BCUT2D eigenvalue weighted by Crippen LogP contribution is 2.17. The van der Waals surface area contributed by atoms with Crippen molar-refractivity contribution in [1.82, 2.24) is 0 Å². The summed E-state index contributed by atoms with van der Waals surface area (Å²) in [6, 6.07) is 66.9. The number of hydrogen-bond donors (Lipinski definition) is 5. The molecule has 0 radical (unpaired) electrons. The van der Waals surface area contributed by atoms with Crippen LogP contribution in [-0.2, 0) is 23.9 Å². The Morgan fingerprint density at radius 3 is 0.603 bits per heavy atom. The summed E-state index contributed by atoms with van der Waals surface area (Å²) >= 11 is 0. The number of aliphatic carboxylic acids is 1. The van der Waals surface area contributed by atoms with Crippen molar-refractivity contribution in [2.75, 3.05) is 0 Å². The molecular weight excluding hydrogens is 921 g/mol. The Hall–Kier alpha value is -7.54. The summed E-state index contributed by atoms with van der Waals surface area (Å²) in [6.45, 7) is 16.2. The minimum atomic E-state index is -0.833. The zero-order valence-corrected chi connectivity index (χ0v) is 43.9. The third kappa shape index (κ3) is 35.3. The molecule has 5 N–H and O–H groups in total. The van der Waals surface area contributed by atoms with Crippen LogP contribution in [0.4, 0.5) is 0 Å². The van der Waals surface area contributed by atoms with Crippen LogP contribution in [0.25, 0.3) is 0 Å². The predicted octanol–water partition coefficient (Wildman–Crippen LogP) is 13.6. The fourth-order valence-corrected chi connectivity index (χ4v) is 5.68. The molecule has 0 saturated heterocycles. The van der Waals surface area contributed by atoms with Gasteiger partial charge in [-0.25, -0.2) is 0 Å². The lowest BCUT2D eigenvalue weighted by molar-refractivity contribution is -0.146. The van der Waals surface area contributed by atoms with Crippen LogP contribution in [0.15, 0.2) is 212 Å². The molecular formula is C62H76O11. The lowest BCUT2D eigenvalue weighted by atomic mass is 10.1. The predicted molar refractivity (Wildman–Crippen MR) is 291 cm³/mol. The number of carbonyl (C=O) groups is 4. The first-order chi connectivity index (χ1) is 34.7. The molecule has 0 heterocycles. The van der Waals surface area contributed by atoms with E-state index in [1.165, 1.54) is 13.8 Å². The molecule has 6 atom stereocenters. The second-order valence-corrected chi connectivity index (χ2v) is 16.1. The smallest absolute Gasteiger partial charge is 0.303 e. The van der Waals surface area contributed by atoms with Crippen molar-refractivity contribution in [2.45, 2.75) is 106 Å². The molecule has 0 unspecified atom stereocenters. The first-order valence-electron chi connectivity index (χ1n) is 23.8. The van der Waals surface area contributed by atoms with Crippen molar-refractivity contribution in [3.63, 3.8) is 0 Å². The second kappa shape index (κ2) is 40.1. The number of hydrogen-bond acceptors (Lipinski definition) is 10. The number of ether oxygens (including phenoxy) is 2. The summed E-state index contributed by atoms with van der Waals surface area (Å²) in [4.78, 5) is 40.9. The number of Topliss-reactive ketones (excluding diaryl/α,β-unsaturated/α-hetero) is 1. The molecule has 0 amide bonds. The van der Waals surface area contributed by atoms with Gasteiger partial charge in [-0.2, -0.15) is 0 Å². The van der Waals surface area contributed by atoms with Gasteiger partial charge in [0.25, 0.3) is 5.97 Å². The topological polar surface area (TPSA) is 188 Å². The number of ketones is 1. The van der Waals surface area contributed by atoms with Gasteiger partial charge in [0.15, 0.2) is 5.78 Å². The molecule has 0 aliphatic carbocycles. The summed E-state index contributed by atoms with van der Waals surface area (Å²) in [7, 11) is 0. The molecule has 0 fully saturated rings. The summed E-state index contributed by atoms with van der Waals surface area (Å²) in [6.07, 6.45) is -1.66. The maximum absolute atomic E-state index is 10.6. The molecule has 0 aliphatic heterocycles. The zero-order chi connectivity index (χ0) is 55.0. The zero-order valence-electron chi connectivity index (χ0n) is 43.9. The van der Waals surface area contributed by atoms with Crippen LogP contribution in [0, 0.1) is 0 Å². The highest BCUT2D eigenvalue weighted by molar-refractivity contribution is 5.93. The van der Waals surface area contributed by atoms with Crippen LogP contribution < -0.4 is 0 Å². The third-order valence-electron chi connectivity index (χ3n) is 9.53. The van der Waals surface area contributed by atoms with Gasteiger partial charge < -0.3 is 35.0 Å². The fraction of sp³-hybridized carbons (Fsp3) is 0.258. The van der Waals surface area contributed by atoms with E-state index in [0.29, 0.717) is 0 Å². The molecule has 7 aromatic carbocycles. The minimum absolute atomic E-state index is 0.121. The second-order valence-electron chi connectivity index (χ2n) is 16.1. The first-order valence-corrected chi connectivity index (χ1v) is 23.8. The number of rotatable bonds is 9. The van der Waals surface area contributed by atoms with E-state index in [4.69, 9.17) is 39.8 Å². The average molecular weight is 997 g/mol. The van der Waals surface area contributed by atoms with Crippen LogP contribution in [0.1, 0.15) is 150 Å². The maximum Gasteiger partial charge on any atom is 0.303 e. The number of carboxylic acid groups (broad SMARTS) is 1. The highest BCUT2D eigenvalue weighted by atomic mass is 16.5. The Morgan fingerprint density at radius 2 is 0.479 bits per heavy atom. The van der Waals surface area contributed by atoms with Crippen LogP contribution >= 0.6 is 0 Å². The number of esters is 2. The minimum Gasteiger partial charge on any atom is -0.481 e. The molecule has 0 aromatic heterocycles. The van der Waals surface area contributed by atoms with Gasteiger partial charge in [-0.05, 0) is 81.8 Å².